The van der Waals surface area contributed by atoms with Gasteiger partial charge in [0.05, 0.1) is 10.6 Å². The summed E-state index contributed by atoms with van der Waals surface area (Å²) < 4.78 is 0. The third kappa shape index (κ3) is 4.56. The maximum absolute atomic E-state index is 12.0. The van der Waals surface area contributed by atoms with E-state index in [-0.39, 0.29) is 5.56 Å². The highest BCUT2D eigenvalue weighted by Gasteiger charge is 2.23. The van der Waals surface area contributed by atoms with Crippen molar-refractivity contribution in [2.75, 3.05) is 11.9 Å². The van der Waals surface area contributed by atoms with E-state index in [1.165, 1.54) is 9.75 Å². The molecule has 5 nitrogen and oxygen atoms in total. The molecule has 1 N–H and O–H groups in total. The van der Waals surface area contributed by atoms with Crippen LogP contribution in [0.25, 0.3) is 21.0 Å². The summed E-state index contributed by atoms with van der Waals surface area (Å²) in [6, 6.07) is 9.82. The van der Waals surface area contributed by atoms with Crippen LogP contribution in [0.4, 0.5) is 10.9 Å². The van der Waals surface area contributed by atoms with Gasteiger partial charge < -0.3 is 10.0 Å². The number of carboxylic acids is 1. The first-order valence-electron chi connectivity index (χ1n) is 9.91. The average molecular weight is 470 g/mol. The molecule has 0 aliphatic heterocycles. The molecule has 0 saturated carbocycles. The van der Waals surface area contributed by atoms with Gasteiger partial charge in [0.1, 0.15) is 11.4 Å². The number of hydrogen-bond acceptors (Lipinski definition) is 7. The third-order valence-corrected chi connectivity index (χ3v) is 7.84. The monoisotopic (exact) mass is 469 g/mol. The number of hydrogen-bond donors (Lipinski definition) is 1. The first-order valence-corrected chi connectivity index (χ1v) is 12.4. The molecule has 0 bridgehead atoms. The summed E-state index contributed by atoms with van der Waals surface area (Å²) in [6.45, 7) is 6.48. The van der Waals surface area contributed by atoms with Crippen LogP contribution in [0.1, 0.15) is 34.0 Å². The number of rotatable bonds is 7. The summed E-state index contributed by atoms with van der Waals surface area (Å²) in [5.74, 6) is -0.108. The molecule has 0 aliphatic carbocycles. The normalized spacial score (nSPS) is 11.3. The van der Waals surface area contributed by atoms with Crippen molar-refractivity contribution in [3.8, 4) is 21.0 Å². The van der Waals surface area contributed by atoms with Crippen molar-refractivity contribution in [1.29, 1.82) is 0 Å². The Bertz CT molecular complexity index is 1210. The zero-order valence-electron chi connectivity index (χ0n) is 17.7. The van der Waals surface area contributed by atoms with E-state index in [1.807, 2.05) is 24.6 Å². The molecule has 0 amide bonds. The lowest BCUT2D eigenvalue weighted by atomic mass is 10.1. The minimum Gasteiger partial charge on any atom is -0.478 e. The van der Waals surface area contributed by atoms with Crippen LogP contribution in [-0.4, -0.2) is 28.1 Å². The van der Waals surface area contributed by atoms with E-state index in [4.69, 9.17) is 4.98 Å². The quantitative estimate of drug-likeness (QED) is 0.317. The molecule has 0 radical (unpaired) electrons. The number of nitrogens with zero attached hydrogens (tertiary/aromatic N) is 3. The van der Waals surface area contributed by atoms with Crippen LogP contribution in [0, 0.1) is 12.8 Å². The van der Waals surface area contributed by atoms with Gasteiger partial charge in [0, 0.05) is 33.4 Å². The molecular formula is C23H23N3O2S3. The van der Waals surface area contributed by atoms with Gasteiger partial charge in [-0.15, -0.1) is 34.0 Å². The van der Waals surface area contributed by atoms with Crippen LogP contribution in [0.15, 0.2) is 41.9 Å². The first-order chi connectivity index (χ1) is 14.8. The van der Waals surface area contributed by atoms with Crippen molar-refractivity contribution in [3.05, 3.63) is 57.2 Å². The SMILES string of the molecule is Cc1ccc(-c2nc(N(C)c3ncc(-c4cccs4)cc3C(=O)O)sc2CC(C)C)s1. The molecule has 0 spiro atoms. The van der Waals surface area contributed by atoms with E-state index in [1.54, 1.807) is 51.2 Å². The Hall–Kier alpha value is -2.55. The lowest BCUT2D eigenvalue weighted by Gasteiger charge is -2.17. The summed E-state index contributed by atoms with van der Waals surface area (Å²) in [4.78, 5) is 27.9. The molecule has 160 valence electrons. The minimum atomic E-state index is -0.999. The maximum atomic E-state index is 12.0. The van der Waals surface area contributed by atoms with E-state index in [0.29, 0.717) is 11.7 Å². The number of thiazole rings is 1. The predicted molar refractivity (Wildman–Crippen MR) is 131 cm³/mol. The number of carbonyl (C=O) groups is 1. The zero-order chi connectivity index (χ0) is 22.1. The molecule has 4 heterocycles. The molecule has 0 fully saturated rings. The van der Waals surface area contributed by atoms with Crippen molar-refractivity contribution in [2.24, 2.45) is 5.92 Å². The Balaban J connectivity index is 1.76. The van der Waals surface area contributed by atoms with E-state index in [2.05, 4.69) is 37.9 Å². The predicted octanol–water partition coefficient (Wildman–Crippen LogP) is 6.97. The Morgan fingerprint density at radius 2 is 2.00 bits per heavy atom. The average Bonchev–Trinajstić information content (AvgIpc) is 3.47. The van der Waals surface area contributed by atoms with E-state index >= 15 is 0 Å². The summed E-state index contributed by atoms with van der Waals surface area (Å²) in [7, 11) is 1.83. The number of aryl methyl sites for hydroxylation is 1. The molecule has 0 aliphatic rings. The van der Waals surface area contributed by atoms with E-state index in [9.17, 15) is 9.90 Å². The standard InChI is InChI=1S/C23H23N3O2S3/c1-13(2)10-19-20(18-8-7-14(3)30-18)25-23(31-19)26(4)21-16(22(27)28)11-15(12-24-21)17-6-5-9-29-17/h5-9,11-13H,10H2,1-4H3,(H,27,28). The number of anilines is 2. The fourth-order valence-electron chi connectivity index (χ4n) is 3.30. The second-order valence-electron chi connectivity index (χ2n) is 7.71. The zero-order valence-corrected chi connectivity index (χ0v) is 20.2. The van der Waals surface area contributed by atoms with Crippen LogP contribution in [0.3, 0.4) is 0 Å². The first kappa shape index (κ1) is 21.7. The summed E-state index contributed by atoms with van der Waals surface area (Å²) in [5, 5.41) is 12.6. The number of thiophene rings is 2. The van der Waals surface area contributed by atoms with Crippen LogP contribution < -0.4 is 4.90 Å². The van der Waals surface area contributed by atoms with Crippen molar-refractivity contribution < 1.29 is 9.90 Å². The van der Waals surface area contributed by atoms with E-state index < -0.39 is 5.97 Å². The molecule has 4 aromatic heterocycles. The van der Waals surface area contributed by atoms with E-state index in [0.717, 1.165) is 32.6 Å². The fraction of sp³-hybridized carbons (Fsp3) is 0.261. The Labute approximate surface area is 193 Å². The molecule has 8 heteroatoms. The summed E-state index contributed by atoms with van der Waals surface area (Å²) in [6.07, 6.45) is 2.66. The van der Waals surface area contributed by atoms with Gasteiger partial charge in [0.25, 0.3) is 0 Å². The molecular weight excluding hydrogens is 446 g/mol. The largest absolute Gasteiger partial charge is 0.478 e. The summed E-state index contributed by atoms with van der Waals surface area (Å²) in [5.41, 5.74) is 1.96. The number of aromatic nitrogens is 2. The topological polar surface area (TPSA) is 66.3 Å². The minimum absolute atomic E-state index is 0.169. The van der Waals surface area contributed by atoms with Crippen molar-refractivity contribution >= 4 is 50.9 Å². The van der Waals surface area contributed by atoms with Gasteiger partial charge in [-0.2, -0.15) is 0 Å². The molecule has 0 atom stereocenters. The molecule has 0 saturated heterocycles. The summed E-state index contributed by atoms with van der Waals surface area (Å²) >= 11 is 4.90. The van der Waals surface area contributed by atoms with Crippen molar-refractivity contribution in [2.45, 2.75) is 27.2 Å². The van der Waals surface area contributed by atoms with Gasteiger partial charge >= 0.3 is 5.97 Å². The smallest absolute Gasteiger partial charge is 0.339 e. The number of aromatic carboxylic acids is 1. The van der Waals surface area contributed by atoms with Gasteiger partial charge in [0.15, 0.2) is 5.13 Å². The van der Waals surface area contributed by atoms with Crippen LogP contribution in [0.2, 0.25) is 0 Å². The fourth-order valence-corrected chi connectivity index (χ4v) is 6.20. The Kier molecular flexibility index (Phi) is 6.22. The van der Waals surface area contributed by atoms with Gasteiger partial charge in [-0.1, -0.05) is 19.9 Å². The van der Waals surface area contributed by atoms with Crippen LogP contribution in [-0.2, 0) is 6.42 Å². The molecule has 0 aromatic carbocycles. The highest BCUT2D eigenvalue weighted by atomic mass is 32.1. The molecule has 0 unspecified atom stereocenters. The Morgan fingerprint density at radius 3 is 2.61 bits per heavy atom. The number of carboxylic acid groups (broad SMARTS) is 1. The van der Waals surface area contributed by atoms with Crippen molar-refractivity contribution in [3.63, 3.8) is 0 Å². The second-order valence-corrected chi connectivity index (χ2v) is 11.0. The van der Waals surface area contributed by atoms with Gasteiger partial charge in [-0.3, -0.25) is 0 Å². The highest BCUT2D eigenvalue weighted by Crippen LogP contribution is 2.40. The van der Waals surface area contributed by atoms with Gasteiger partial charge in [0.2, 0.25) is 0 Å². The number of pyridine rings is 1. The van der Waals surface area contributed by atoms with Crippen LogP contribution >= 0.6 is 34.0 Å². The highest BCUT2D eigenvalue weighted by molar-refractivity contribution is 7.18. The Morgan fingerprint density at radius 1 is 1.19 bits per heavy atom. The maximum Gasteiger partial charge on any atom is 0.339 e. The lowest BCUT2D eigenvalue weighted by molar-refractivity contribution is 0.0697. The molecule has 4 aromatic rings. The van der Waals surface area contributed by atoms with Gasteiger partial charge in [-0.25, -0.2) is 14.8 Å². The molecule has 31 heavy (non-hydrogen) atoms. The lowest BCUT2D eigenvalue weighted by Crippen LogP contribution is -2.15. The third-order valence-electron chi connectivity index (χ3n) is 4.76. The molecule has 4 rings (SSSR count). The van der Waals surface area contributed by atoms with Crippen LogP contribution in [0.5, 0.6) is 0 Å². The second kappa shape index (κ2) is 8.90. The van der Waals surface area contributed by atoms with Gasteiger partial charge in [-0.05, 0) is 48.9 Å². The van der Waals surface area contributed by atoms with Crippen molar-refractivity contribution in [1.82, 2.24) is 9.97 Å².